The monoisotopic (exact) mass is 416 g/mol. The van der Waals surface area contributed by atoms with Gasteiger partial charge in [-0.2, -0.15) is 0 Å². The van der Waals surface area contributed by atoms with Crippen molar-refractivity contribution in [3.8, 4) is 11.5 Å². The average Bonchev–Trinajstić information content (AvgIpc) is 3.43. The molecule has 1 aliphatic carbocycles. The molecule has 1 fully saturated rings. The first-order valence-corrected chi connectivity index (χ1v) is 10.7. The van der Waals surface area contributed by atoms with E-state index in [0.717, 1.165) is 18.4 Å². The zero-order chi connectivity index (χ0) is 20.7. The molecule has 0 bridgehead atoms. The second-order valence-electron chi connectivity index (χ2n) is 7.38. The molecule has 0 aliphatic heterocycles. The van der Waals surface area contributed by atoms with Crippen LogP contribution in [0.2, 0.25) is 0 Å². The van der Waals surface area contributed by atoms with Crippen LogP contribution < -0.4 is 20.1 Å². The van der Waals surface area contributed by atoms with E-state index in [1.807, 2.05) is 6.07 Å². The van der Waals surface area contributed by atoms with Crippen molar-refractivity contribution >= 4 is 23.2 Å². The molecule has 0 unspecified atom stereocenters. The van der Waals surface area contributed by atoms with E-state index in [-0.39, 0.29) is 30.2 Å². The minimum Gasteiger partial charge on any atom is -0.493 e. The highest BCUT2D eigenvalue weighted by molar-refractivity contribution is 7.10. The molecule has 1 saturated carbocycles. The van der Waals surface area contributed by atoms with Crippen molar-refractivity contribution in [2.45, 2.75) is 37.5 Å². The Hall–Kier alpha value is -2.54. The summed E-state index contributed by atoms with van der Waals surface area (Å²) in [5.74, 6) is 0.822. The fraction of sp³-hybridized carbons (Fsp3) is 0.455. The fourth-order valence-corrected chi connectivity index (χ4v) is 4.88. The smallest absolute Gasteiger partial charge is 0.239 e. The Bertz CT molecular complexity index is 829. The highest BCUT2D eigenvalue weighted by Gasteiger charge is 2.36. The number of rotatable bonds is 9. The molecule has 7 heteroatoms. The summed E-state index contributed by atoms with van der Waals surface area (Å²) in [6.07, 6.45) is 4.75. The molecule has 2 N–H and O–H groups in total. The van der Waals surface area contributed by atoms with Gasteiger partial charge in [0.05, 0.1) is 27.2 Å². The van der Waals surface area contributed by atoms with Crippen LogP contribution in [0, 0.1) is 0 Å². The number of nitrogens with one attached hydrogen (secondary N) is 2. The minimum atomic E-state index is -0.207. The summed E-state index contributed by atoms with van der Waals surface area (Å²) < 4.78 is 10.5. The predicted octanol–water partition coefficient (Wildman–Crippen LogP) is 3.05. The topological polar surface area (TPSA) is 76.7 Å². The molecule has 0 radical (unpaired) electrons. The van der Waals surface area contributed by atoms with Crippen molar-refractivity contribution in [2.75, 3.05) is 27.3 Å². The lowest BCUT2D eigenvalue weighted by Gasteiger charge is -2.28. The Labute approximate surface area is 175 Å². The average molecular weight is 417 g/mol. The van der Waals surface area contributed by atoms with Gasteiger partial charge >= 0.3 is 0 Å². The van der Waals surface area contributed by atoms with Gasteiger partial charge in [-0.25, -0.2) is 0 Å². The molecule has 2 amide bonds. The molecule has 2 aromatic rings. The number of ether oxygens (including phenoxy) is 2. The maximum absolute atomic E-state index is 12.3. The number of thiophene rings is 1. The van der Waals surface area contributed by atoms with Gasteiger partial charge in [0, 0.05) is 16.8 Å². The fourth-order valence-electron chi connectivity index (χ4n) is 3.89. The molecule has 0 atom stereocenters. The summed E-state index contributed by atoms with van der Waals surface area (Å²) >= 11 is 1.76. The Balaban J connectivity index is 1.47. The number of amides is 2. The lowest BCUT2D eigenvalue weighted by atomic mass is 9.84. The van der Waals surface area contributed by atoms with Gasteiger partial charge < -0.3 is 20.1 Å². The summed E-state index contributed by atoms with van der Waals surface area (Å²) in [5.41, 5.74) is 0.844. The second kappa shape index (κ2) is 9.78. The summed E-state index contributed by atoms with van der Waals surface area (Å²) in [4.78, 5) is 25.9. The van der Waals surface area contributed by atoms with Crippen LogP contribution in [0.3, 0.4) is 0 Å². The molecule has 0 saturated heterocycles. The first kappa shape index (κ1) is 21.2. The first-order chi connectivity index (χ1) is 14.1. The third kappa shape index (κ3) is 5.29. The zero-order valence-corrected chi connectivity index (χ0v) is 17.8. The molecule has 1 aliphatic rings. The maximum atomic E-state index is 12.3. The van der Waals surface area contributed by atoms with E-state index in [2.05, 4.69) is 28.1 Å². The van der Waals surface area contributed by atoms with Crippen LogP contribution in [0.15, 0.2) is 35.7 Å². The van der Waals surface area contributed by atoms with Crippen LogP contribution in [0.4, 0.5) is 0 Å². The lowest BCUT2D eigenvalue weighted by Crippen LogP contribution is -2.43. The first-order valence-electron chi connectivity index (χ1n) is 9.84. The molecule has 1 heterocycles. The van der Waals surface area contributed by atoms with Crippen LogP contribution in [-0.2, 0) is 21.4 Å². The molecule has 0 spiro atoms. The second-order valence-corrected chi connectivity index (χ2v) is 8.33. The van der Waals surface area contributed by atoms with Gasteiger partial charge in [-0.1, -0.05) is 25.0 Å². The lowest BCUT2D eigenvalue weighted by molar-refractivity contribution is -0.125. The van der Waals surface area contributed by atoms with Crippen molar-refractivity contribution in [1.82, 2.24) is 10.6 Å². The molecule has 6 nitrogen and oxygen atoms in total. The largest absolute Gasteiger partial charge is 0.493 e. The summed E-state index contributed by atoms with van der Waals surface area (Å²) in [7, 11) is 3.12. The van der Waals surface area contributed by atoms with E-state index in [0.29, 0.717) is 18.0 Å². The van der Waals surface area contributed by atoms with Crippen LogP contribution in [-0.4, -0.2) is 39.1 Å². The highest BCUT2D eigenvalue weighted by Crippen LogP contribution is 2.42. The van der Waals surface area contributed by atoms with E-state index >= 15 is 0 Å². The van der Waals surface area contributed by atoms with E-state index in [1.54, 1.807) is 37.7 Å². The Morgan fingerprint density at radius 2 is 1.79 bits per heavy atom. The van der Waals surface area contributed by atoms with Gasteiger partial charge in [-0.05, 0) is 42.0 Å². The zero-order valence-electron chi connectivity index (χ0n) is 17.0. The number of benzene rings is 1. The molecule has 29 heavy (non-hydrogen) atoms. The van der Waals surface area contributed by atoms with Crippen LogP contribution in [0.5, 0.6) is 11.5 Å². The number of hydrogen-bond acceptors (Lipinski definition) is 5. The molecule has 3 rings (SSSR count). The summed E-state index contributed by atoms with van der Waals surface area (Å²) in [6.45, 7) is 0.602. The van der Waals surface area contributed by atoms with Gasteiger partial charge in [-0.15, -0.1) is 11.3 Å². The Kier molecular flexibility index (Phi) is 7.14. The van der Waals surface area contributed by atoms with Crippen molar-refractivity contribution in [3.05, 3.63) is 46.2 Å². The number of carbonyl (C=O) groups is 2. The molecule has 1 aromatic heterocycles. The van der Waals surface area contributed by atoms with Crippen LogP contribution >= 0.6 is 11.3 Å². The van der Waals surface area contributed by atoms with Crippen molar-refractivity contribution in [2.24, 2.45) is 0 Å². The van der Waals surface area contributed by atoms with Gasteiger partial charge in [0.15, 0.2) is 11.5 Å². The Morgan fingerprint density at radius 1 is 1.03 bits per heavy atom. The minimum absolute atomic E-state index is 0.0212. The van der Waals surface area contributed by atoms with Gasteiger partial charge in [-0.3, -0.25) is 9.59 Å². The third-order valence-electron chi connectivity index (χ3n) is 5.49. The van der Waals surface area contributed by atoms with E-state index < -0.39 is 0 Å². The summed E-state index contributed by atoms with van der Waals surface area (Å²) in [6, 6.07) is 9.57. The van der Waals surface area contributed by atoms with Gasteiger partial charge in [0.25, 0.3) is 0 Å². The van der Waals surface area contributed by atoms with E-state index in [9.17, 15) is 9.59 Å². The molecular formula is C22H28N2O4S. The number of hydrogen-bond donors (Lipinski definition) is 2. The molecule has 156 valence electrons. The van der Waals surface area contributed by atoms with Crippen molar-refractivity contribution in [3.63, 3.8) is 0 Å². The van der Waals surface area contributed by atoms with Crippen LogP contribution in [0.1, 0.15) is 36.1 Å². The van der Waals surface area contributed by atoms with Crippen LogP contribution in [0.25, 0.3) is 0 Å². The van der Waals surface area contributed by atoms with Crippen molar-refractivity contribution in [1.29, 1.82) is 0 Å². The standard InChI is InChI=1S/C22H28N2O4S/c1-27-17-8-7-16(12-18(17)28-2)13-20(25)23-14-21(26)24-15-22(9-3-4-10-22)19-6-5-11-29-19/h5-8,11-12H,3-4,9-10,13-15H2,1-2H3,(H,23,25)(H,24,26). The predicted molar refractivity (Wildman–Crippen MR) is 114 cm³/mol. The van der Waals surface area contributed by atoms with Gasteiger partial charge in [0.1, 0.15) is 0 Å². The quantitative estimate of drug-likeness (QED) is 0.659. The highest BCUT2D eigenvalue weighted by atomic mass is 32.1. The van der Waals surface area contributed by atoms with E-state index in [1.165, 1.54) is 17.7 Å². The third-order valence-corrected chi connectivity index (χ3v) is 6.60. The maximum Gasteiger partial charge on any atom is 0.239 e. The number of carbonyl (C=O) groups excluding carboxylic acids is 2. The van der Waals surface area contributed by atoms with Crippen molar-refractivity contribution < 1.29 is 19.1 Å². The summed E-state index contributed by atoms with van der Waals surface area (Å²) in [5, 5.41) is 7.81. The number of methoxy groups -OCH3 is 2. The van der Waals surface area contributed by atoms with Gasteiger partial charge in [0.2, 0.25) is 11.8 Å². The normalized spacial score (nSPS) is 15.0. The SMILES string of the molecule is COc1ccc(CC(=O)NCC(=O)NCC2(c3cccs3)CCCC2)cc1OC. The molecular weight excluding hydrogens is 388 g/mol. The Morgan fingerprint density at radius 3 is 2.45 bits per heavy atom. The van der Waals surface area contributed by atoms with E-state index in [4.69, 9.17) is 9.47 Å². The molecule has 1 aromatic carbocycles.